The van der Waals surface area contributed by atoms with E-state index in [1.54, 1.807) is 12.1 Å². The van der Waals surface area contributed by atoms with Crippen molar-refractivity contribution in [3.63, 3.8) is 0 Å². The SMILES string of the molecule is O=C(NC1CCOC1)c1cc(Br)nc(Br)c1. The number of pyridine rings is 1. The molecular weight excluding hydrogens is 340 g/mol. The number of hydrogen-bond donors (Lipinski definition) is 1. The van der Waals surface area contributed by atoms with Crippen molar-refractivity contribution in [3.8, 4) is 0 Å². The maximum atomic E-state index is 11.9. The number of halogens is 2. The van der Waals surface area contributed by atoms with Gasteiger partial charge in [-0.25, -0.2) is 4.98 Å². The summed E-state index contributed by atoms with van der Waals surface area (Å²) in [4.78, 5) is 15.9. The lowest BCUT2D eigenvalue weighted by Gasteiger charge is -2.10. The summed E-state index contributed by atoms with van der Waals surface area (Å²) in [6, 6.07) is 3.50. The molecule has 1 atom stereocenters. The van der Waals surface area contributed by atoms with Crippen LogP contribution in [-0.2, 0) is 4.74 Å². The van der Waals surface area contributed by atoms with Crippen molar-refractivity contribution < 1.29 is 9.53 Å². The van der Waals surface area contributed by atoms with Gasteiger partial charge in [-0.05, 0) is 50.4 Å². The fourth-order valence-corrected chi connectivity index (χ4v) is 2.63. The Morgan fingerprint density at radius 1 is 1.44 bits per heavy atom. The molecule has 1 aromatic rings. The molecule has 2 heterocycles. The molecule has 86 valence electrons. The first kappa shape index (κ1) is 12.0. The van der Waals surface area contributed by atoms with Gasteiger partial charge < -0.3 is 10.1 Å². The van der Waals surface area contributed by atoms with Crippen LogP contribution in [-0.4, -0.2) is 30.1 Å². The van der Waals surface area contributed by atoms with E-state index in [2.05, 4.69) is 42.2 Å². The van der Waals surface area contributed by atoms with Crippen molar-refractivity contribution in [3.05, 3.63) is 26.9 Å². The zero-order valence-electron chi connectivity index (χ0n) is 8.37. The van der Waals surface area contributed by atoms with E-state index in [0.29, 0.717) is 28.0 Å². The number of nitrogens with one attached hydrogen (secondary N) is 1. The quantitative estimate of drug-likeness (QED) is 0.832. The normalized spacial score (nSPS) is 19.8. The lowest BCUT2D eigenvalue weighted by Crippen LogP contribution is -2.35. The van der Waals surface area contributed by atoms with E-state index in [4.69, 9.17) is 4.74 Å². The molecule has 16 heavy (non-hydrogen) atoms. The second-order valence-electron chi connectivity index (χ2n) is 3.54. The molecule has 2 rings (SSSR count). The van der Waals surface area contributed by atoms with Crippen LogP contribution in [0.5, 0.6) is 0 Å². The Balaban J connectivity index is 2.07. The Bertz CT molecular complexity index is 386. The number of carbonyl (C=O) groups is 1. The summed E-state index contributed by atoms with van der Waals surface area (Å²) in [7, 11) is 0. The van der Waals surface area contributed by atoms with Crippen LogP contribution in [0.3, 0.4) is 0 Å². The van der Waals surface area contributed by atoms with Gasteiger partial charge in [0.2, 0.25) is 0 Å². The Labute approximate surface area is 110 Å². The molecule has 4 nitrogen and oxygen atoms in total. The van der Waals surface area contributed by atoms with Gasteiger partial charge in [0.15, 0.2) is 0 Å². The van der Waals surface area contributed by atoms with Crippen LogP contribution >= 0.6 is 31.9 Å². The molecule has 1 aliphatic rings. The van der Waals surface area contributed by atoms with Gasteiger partial charge in [-0.3, -0.25) is 4.79 Å². The van der Waals surface area contributed by atoms with Crippen LogP contribution in [0.2, 0.25) is 0 Å². The zero-order chi connectivity index (χ0) is 11.5. The van der Waals surface area contributed by atoms with Gasteiger partial charge in [0.1, 0.15) is 9.21 Å². The van der Waals surface area contributed by atoms with Gasteiger partial charge in [-0.15, -0.1) is 0 Å². The smallest absolute Gasteiger partial charge is 0.251 e. The molecule has 0 bridgehead atoms. The molecule has 0 aliphatic carbocycles. The number of rotatable bonds is 2. The highest BCUT2D eigenvalue weighted by molar-refractivity contribution is 9.11. The van der Waals surface area contributed by atoms with Crippen molar-refractivity contribution in [1.82, 2.24) is 10.3 Å². The van der Waals surface area contributed by atoms with Gasteiger partial charge in [0.05, 0.1) is 12.6 Å². The largest absolute Gasteiger partial charge is 0.379 e. The van der Waals surface area contributed by atoms with Gasteiger partial charge in [-0.1, -0.05) is 0 Å². The predicted molar refractivity (Wildman–Crippen MR) is 66.3 cm³/mol. The molecule has 0 spiro atoms. The van der Waals surface area contributed by atoms with Crippen LogP contribution < -0.4 is 5.32 Å². The summed E-state index contributed by atoms with van der Waals surface area (Å²) < 4.78 is 6.46. The summed E-state index contributed by atoms with van der Waals surface area (Å²) in [6.45, 7) is 1.31. The van der Waals surface area contributed by atoms with Crippen LogP contribution in [0, 0.1) is 0 Å². The zero-order valence-corrected chi connectivity index (χ0v) is 11.5. The fourth-order valence-electron chi connectivity index (χ4n) is 1.51. The molecule has 0 radical (unpaired) electrons. The number of hydrogen-bond acceptors (Lipinski definition) is 3. The van der Waals surface area contributed by atoms with Crippen molar-refractivity contribution in [2.24, 2.45) is 0 Å². The molecule has 1 fully saturated rings. The molecule has 1 unspecified atom stereocenters. The average molecular weight is 350 g/mol. The van der Waals surface area contributed by atoms with Gasteiger partial charge in [-0.2, -0.15) is 0 Å². The highest BCUT2D eigenvalue weighted by Crippen LogP contribution is 2.16. The number of aromatic nitrogens is 1. The first-order chi connectivity index (χ1) is 7.65. The van der Waals surface area contributed by atoms with Crippen LogP contribution in [0.15, 0.2) is 21.3 Å². The van der Waals surface area contributed by atoms with Crippen LogP contribution in [0.4, 0.5) is 0 Å². The van der Waals surface area contributed by atoms with Crippen LogP contribution in [0.25, 0.3) is 0 Å². The molecule has 1 amide bonds. The van der Waals surface area contributed by atoms with Gasteiger partial charge in [0, 0.05) is 12.2 Å². The van der Waals surface area contributed by atoms with E-state index in [0.717, 1.165) is 6.42 Å². The molecule has 0 aromatic carbocycles. The van der Waals surface area contributed by atoms with Crippen molar-refractivity contribution in [2.45, 2.75) is 12.5 Å². The summed E-state index contributed by atoms with van der Waals surface area (Å²) in [6.07, 6.45) is 0.874. The van der Waals surface area contributed by atoms with E-state index in [-0.39, 0.29) is 11.9 Å². The van der Waals surface area contributed by atoms with E-state index in [9.17, 15) is 4.79 Å². The average Bonchev–Trinajstić information content (AvgIpc) is 2.68. The summed E-state index contributed by atoms with van der Waals surface area (Å²) >= 11 is 6.50. The van der Waals surface area contributed by atoms with Gasteiger partial charge in [0.25, 0.3) is 5.91 Å². The second kappa shape index (κ2) is 5.25. The standard InChI is InChI=1S/C10H10Br2N2O2/c11-8-3-6(4-9(12)14-8)10(15)13-7-1-2-16-5-7/h3-4,7H,1-2,5H2,(H,13,15). The third-order valence-electron chi connectivity index (χ3n) is 2.29. The highest BCUT2D eigenvalue weighted by atomic mass is 79.9. The third-order valence-corrected chi connectivity index (χ3v) is 3.10. The van der Waals surface area contributed by atoms with Crippen LogP contribution in [0.1, 0.15) is 16.8 Å². The fraction of sp³-hybridized carbons (Fsp3) is 0.400. The summed E-state index contributed by atoms with van der Waals surface area (Å²) in [5.41, 5.74) is 0.584. The Kier molecular flexibility index (Phi) is 3.94. The maximum Gasteiger partial charge on any atom is 0.251 e. The van der Waals surface area contributed by atoms with Crippen molar-refractivity contribution >= 4 is 37.8 Å². The molecule has 0 saturated carbocycles. The second-order valence-corrected chi connectivity index (χ2v) is 5.16. The minimum absolute atomic E-state index is 0.0979. The van der Waals surface area contributed by atoms with Gasteiger partial charge >= 0.3 is 0 Å². The molecule has 1 N–H and O–H groups in total. The van der Waals surface area contributed by atoms with Crippen molar-refractivity contribution in [1.29, 1.82) is 0 Å². The number of nitrogens with zero attached hydrogens (tertiary/aromatic N) is 1. The molecule has 1 aliphatic heterocycles. The Morgan fingerprint density at radius 2 is 2.12 bits per heavy atom. The summed E-state index contributed by atoms with van der Waals surface area (Å²) in [5, 5.41) is 2.92. The minimum Gasteiger partial charge on any atom is -0.379 e. The lowest BCUT2D eigenvalue weighted by atomic mass is 10.2. The number of ether oxygens (including phenoxy) is 1. The molecular formula is C10H10Br2N2O2. The Hall–Kier alpha value is -0.460. The predicted octanol–water partition coefficient (Wildman–Crippen LogP) is 2.13. The first-order valence-corrected chi connectivity index (χ1v) is 6.45. The monoisotopic (exact) mass is 348 g/mol. The van der Waals surface area contributed by atoms with Crippen molar-refractivity contribution in [2.75, 3.05) is 13.2 Å². The molecule has 1 aromatic heterocycles. The van der Waals surface area contributed by atoms with E-state index >= 15 is 0 Å². The minimum atomic E-state index is -0.0979. The summed E-state index contributed by atoms with van der Waals surface area (Å²) in [5.74, 6) is -0.0979. The highest BCUT2D eigenvalue weighted by Gasteiger charge is 2.18. The van der Waals surface area contributed by atoms with E-state index in [1.165, 1.54) is 0 Å². The topological polar surface area (TPSA) is 51.2 Å². The number of carbonyl (C=O) groups excluding carboxylic acids is 1. The van der Waals surface area contributed by atoms with E-state index < -0.39 is 0 Å². The van der Waals surface area contributed by atoms with E-state index in [1.807, 2.05) is 0 Å². The maximum absolute atomic E-state index is 11.9. The first-order valence-electron chi connectivity index (χ1n) is 4.87. The third kappa shape index (κ3) is 3.02. The molecule has 1 saturated heterocycles. The molecule has 6 heteroatoms. The Morgan fingerprint density at radius 3 is 2.69 bits per heavy atom. The number of amides is 1. The lowest BCUT2D eigenvalue weighted by molar-refractivity contribution is 0.0929.